The van der Waals surface area contributed by atoms with Crippen LogP contribution in [-0.4, -0.2) is 23.1 Å². The zero-order chi connectivity index (χ0) is 12.4. The number of nitrogens with one attached hydrogen (secondary N) is 2. The molecule has 3 heteroatoms. The van der Waals surface area contributed by atoms with Gasteiger partial charge in [0.25, 0.3) is 0 Å². The Morgan fingerprint density at radius 2 is 2.44 bits per heavy atom. The van der Waals surface area contributed by atoms with E-state index in [0.717, 1.165) is 18.7 Å². The molecule has 1 aliphatic rings. The van der Waals surface area contributed by atoms with Gasteiger partial charge in [0.2, 0.25) is 0 Å². The summed E-state index contributed by atoms with van der Waals surface area (Å²) in [5, 5.41) is 4.71. The number of hydrogen-bond donors (Lipinski definition) is 2. The summed E-state index contributed by atoms with van der Waals surface area (Å²) in [6.45, 7) is 4.28. The first kappa shape index (κ1) is 11.5. The molecule has 0 aromatic carbocycles. The van der Waals surface area contributed by atoms with Crippen molar-refractivity contribution in [3.05, 3.63) is 36.2 Å². The molecule has 0 radical (unpaired) electrons. The van der Waals surface area contributed by atoms with Crippen molar-refractivity contribution in [2.24, 2.45) is 5.92 Å². The zero-order valence-electron chi connectivity index (χ0n) is 10.7. The van der Waals surface area contributed by atoms with Gasteiger partial charge in [-0.3, -0.25) is 0 Å². The van der Waals surface area contributed by atoms with Gasteiger partial charge in [-0.1, -0.05) is 13.0 Å². The normalized spacial score (nSPS) is 19.4. The summed E-state index contributed by atoms with van der Waals surface area (Å²) in [4.78, 5) is 7.63. The molecule has 0 spiro atoms. The van der Waals surface area contributed by atoms with Crippen molar-refractivity contribution < 1.29 is 0 Å². The summed E-state index contributed by atoms with van der Waals surface area (Å²) < 4.78 is 0. The molecular formula is C15H19N3. The van der Waals surface area contributed by atoms with Crippen molar-refractivity contribution >= 4 is 16.6 Å². The largest absolute Gasteiger partial charge is 0.346 e. The third-order valence-corrected chi connectivity index (χ3v) is 3.72. The van der Waals surface area contributed by atoms with Gasteiger partial charge in [0.1, 0.15) is 5.65 Å². The fraction of sp³-hybridized carbons (Fsp3) is 0.400. The fourth-order valence-corrected chi connectivity index (χ4v) is 2.82. The van der Waals surface area contributed by atoms with E-state index < -0.39 is 0 Å². The number of allylic oxidation sites excluding steroid dienone is 1. The minimum atomic E-state index is 0.643. The van der Waals surface area contributed by atoms with E-state index in [1.807, 2.05) is 12.3 Å². The summed E-state index contributed by atoms with van der Waals surface area (Å²) in [5.74, 6) is 0.643. The number of pyridine rings is 1. The number of H-pyrrole nitrogens is 1. The molecule has 0 saturated heterocycles. The number of fused-ring (bicyclic) bond motifs is 1. The lowest BCUT2D eigenvalue weighted by Gasteiger charge is -2.14. The van der Waals surface area contributed by atoms with Gasteiger partial charge in [-0.05, 0) is 43.0 Å². The minimum Gasteiger partial charge on any atom is -0.346 e. The number of hydrogen-bond acceptors (Lipinski definition) is 2. The smallest absolute Gasteiger partial charge is 0.137 e. The van der Waals surface area contributed by atoms with E-state index >= 15 is 0 Å². The molecule has 2 aromatic rings. The van der Waals surface area contributed by atoms with Crippen LogP contribution in [0.5, 0.6) is 0 Å². The first-order chi connectivity index (χ1) is 8.90. The maximum atomic E-state index is 4.36. The van der Waals surface area contributed by atoms with Crippen LogP contribution in [-0.2, 0) is 0 Å². The molecule has 3 nitrogen and oxygen atoms in total. The molecule has 18 heavy (non-hydrogen) atoms. The van der Waals surface area contributed by atoms with Gasteiger partial charge in [0.05, 0.1) is 0 Å². The predicted molar refractivity (Wildman–Crippen MR) is 75.3 cm³/mol. The summed E-state index contributed by atoms with van der Waals surface area (Å²) in [5.41, 5.74) is 3.80. The van der Waals surface area contributed by atoms with Crippen molar-refractivity contribution in [3.8, 4) is 0 Å². The summed E-state index contributed by atoms with van der Waals surface area (Å²) in [7, 11) is 0. The lowest BCUT2D eigenvalue weighted by atomic mass is 9.95. The lowest BCUT2D eigenvalue weighted by molar-refractivity contribution is 0.571. The second-order valence-corrected chi connectivity index (χ2v) is 4.84. The predicted octanol–water partition coefficient (Wildman–Crippen LogP) is 2.97. The summed E-state index contributed by atoms with van der Waals surface area (Å²) in [6, 6.07) is 4.16. The van der Waals surface area contributed by atoms with E-state index in [2.05, 4.69) is 40.5 Å². The van der Waals surface area contributed by atoms with Crippen molar-refractivity contribution in [2.45, 2.75) is 19.8 Å². The highest BCUT2D eigenvalue weighted by Gasteiger charge is 2.22. The van der Waals surface area contributed by atoms with Crippen molar-refractivity contribution in [1.29, 1.82) is 0 Å². The Labute approximate surface area is 107 Å². The molecule has 0 fully saturated rings. The summed E-state index contributed by atoms with van der Waals surface area (Å²) >= 11 is 0. The number of aromatic nitrogens is 2. The molecule has 3 rings (SSSR count). The van der Waals surface area contributed by atoms with Crippen LogP contribution in [0.25, 0.3) is 16.6 Å². The Morgan fingerprint density at radius 1 is 1.50 bits per heavy atom. The fourth-order valence-electron chi connectivity index (χ4n) is 2.82. The van der Waals surface area contributed by atoms with Crippen LogP contribution in [0.4, 0.5) is 0 Å². The van der Waals surface area contributed by atoms with Crippen LogP contribution in [0.15, 0.2) is 30.6 Å². The highest BCUT2D eigenvalue weighted by molar-refractivity contribution is 5.91. The van der Waals surface area contributed by atoms with Gasteiger partial charge >= 0.3 is 0 Å². The van der Waals surface area contributed by atoms with Gasteiger partial charge in [0.15, 0.2) is 0 Å². The molecular weight excluding hydrogens is 222 g/mol. The van der Waals surface area contributed by atoms with Crippen LogP contribution in [0.1, 0.15) is 25.3 Å². The third kappa shape index (κ3) is 1.95. The zero-order valence-corrected chi connectivity index (χ0v) is 10.7. The second kappa shape index (κ2) is 4.94. The van der Waals surface area contributed by atoms with Crippen LogP contribution < -0.4 is 5.32 Å². The van der Waals surface area contributed by atoms with E-state index in [1.165, 1.54) is 29.4 Å². The van der Waals surface area contributed by atoms with E-state index in [1.54, 1.807) is 0 Å². The molecule has 0 saturated carbocycles. The topological polar surface area (TPSA) is 40.7 Å². The van der Waals surface area contributed by atoms with Crippen molar-refractivity contribution in [2.75, 3.05) is 13.1 Å². The molecule has 0 amide bonds. The van der Waals surface area contributed by atoms with Crippen LogP contribution in [0, 0.1) is 5.92 Å². The number of rotatable bonds is 4. The van der Waals surface area contributed by atoms with E-state index in [0.29, 0.717) is 5.92 Å². The third-order valence-electron chi connectivity index (χ3n) is 3.72. The standard InChI is InChI=1S/C15H19N3/c1-2-16-9-11-5-3-6-12(11)14-10-18-15-13(14)7-4-8-17-15/h4,6-8,10-11,16H,2-3,5,9H2,1H3,(H,17,18). The Kier molecular flexibility index (Phi) is 3.15. The maximum absolute atomic E-state index is 4.36. The van der Waals surface area contributed by atoms with Crippen LogP contribution >= 0.6 is 0 Å². The monoisotopic (exact) mass is 241 g/mol. The molecule has 2 N–H and O–H groups in total. The van der Waals surface area contributed by atoms with Gasteiger partial charge < -0.3 is 10.3 Å². The van der Waals surface area contributed by atoms with Crippen molar-refractivity contribution in [3.63, 3.8) is 0 Å². The van der Waals surface area contributed by atoms with Gasteiger partial charge in [-0.15, -0.1) is 0 Å². The molecule has 2 aromatic heterocycles. The molecule has 0 bridgehead atoms. The molecule has 2 heterocycles. The molecule has 1 unspecified atom stereocenters. The second-order valence-electron chi connectivity index (χ2n) is 4.84. The Morgan fingerprint density at radius 3 is 3.33 bits per heavy atom. The SMILES string of the molecule is CCNCC1CCC=C1c1c[nH]c2ncccc12. The first-order valence-electron chi connectivity index (χ1n) is 6.73. The molecule has 1 aliphatic carbocycles. The quantitative estimate of drug-likeness (QED) is 0.864. The lowest BCUT2D eigenvalue weighted by Crippen LogP contribution is -2.21. The highest BCUT2D eigenvalue weighted by Crippen LogP contribution is 2.36. The molecule has 0 aliphatic heterocycles. The van der Waals surface area contributed by atoms with E-state index in [4.69, 9.17) is 0 Å². The Hall–Kier alpha value is -1.61. The minimum absolute atomic E-state index is 0.643. The average Bonchev–Trinajstić information content (AvgIpc) is 3.02. The van der Waals surface area contributed by atoms with E-state index in [-0.39, 0.29) is 0 Å². The van der Waals surface area contributed by atoms with E-state index in [9.17, 15) is 0 Å². The Balaban J connectivity index is 1.94. The van der Waals surface area contributed by atoms with Gasteiger partial charge in [-0.2, -0.15) is 0 Å². The van der Waals surface area contributed by atoms with Crippen molar-refractivity contribution in [1.82, 2.24) is 15.3 Å². The maximum Gasteiger partial charge on any atom is 0.137 e. The van der Waals surface area contributed by atoms with Gasteiger partial charge in [-0.25, -0.2) is 4.98 Å². The highest BCUT2D eigenvalue weighted by atomic mass is 14.9. The molecule has 1 atom stereocenters. The average molecular weight is 241 g/mol. The van der Waals surface area contributed by atoms with Crippen LogP contribution in [0.2, 0.25) is 0 Å². The number of aromatic amines is 1. The van der Waals surface area contributed by atoms with Gasteiger partial charge in [0, 0.05) is 29.9 Å². The number of nitrogens with zero attached hydrogens (tertiary/aromatic N) is 1. The first-order valence-corrected chi connectivity index (χ1v) is 6.73. The Bertz CT molecular complexity index is 568. The summed E-state index contributed by atoms with van der Waals surface area (Å²) in [6.07, 6.45) is 8.78. The molecule has 94 valence electrons. The van der Waals surface area contributed by atoms with Crippen LogP contribution in [0.3, 0.4) is 0 Å².